The minimum atomic E-state index is -0.605. The second-order valence-corrected chi connectivity index (χ2v) is 11.7. The van der Waals surface area contributed by atoms with Crippen LogP contribution in [0.5, 0.6) is 0 Å². The van der Waals surface area contributed by atoms with Crippen LogP contribution in [0, 0.1) is 5.41 Å². The molecule has 3 aliphatic rings. The molecule has 0 aromatic heterocycles. The molecule has 0 bridgehead atoms. The molecule has 1 aromatic rings. The fraction of sp³-hybridized carbons (Fsp3) is 0.654. The fourth-order valence-corrected chi connectivity index (χ4v) is 7.38. The highest BCUT2D eigenvalue weighted by Crippen LogP contribution is 2.46. The average Bonchev–Trinajstić information content (AvgIpc) is 3.00. The van der Waals surface area contributed by atoms with E-state index in [-0.39, 0.29) is 40.6 Å². The molecule has 8 heteroatoms. The van der Waals surface area contributed by atoms with Gasteiger partial charge >= 0.3 is 0 Å². The van der Waals surface area contributed by atoms with Gasteiger partial charge in [-0.05, 0) is 67.9 Å². The van der Waals surface area contributed by atoms with E-state index in [9.17, 15) is 14.4 Å². The molecule has 34 heavy (non-hydrogen) atoms. The summed E-state index contributed by atoms with van der Waals surface area (Å²) in [5.41, 5.74) is 2.13. The molecule has 1 aliphatic carbocycles. The first-order valence-corrected chi connectivity index (χ1v) is 13.6. The van der Waals surface area contributed by atoms with Gasteiger partial charge in [-0.15, -0.1) is 11.8 Å². The summed E-state index contributed by atoms with van der Waals surface area (Å²) in [5, 5.41) is 9.22. The Morgan fingerprint density at radius 2 is 1.94 bits per heavy atom. The minimum absolute atomic E-state index is 0.0292. The summed E-state index contributed by atoms with van der Waals surface area (Å²) in [6, 6.07) is 6.79. The van der Waals surface area contributed by atoms with Crippen molar-refractivity contribution in [1.82, 2.24) is 20.9 Å². The molecule has 2 aliphatic heterocycles. The highest BCUT2D eigenvalue weighted by Gasteiger charge is 2.54. The summed E-state index contributed by atoms with van der Waals surface area (Å²) in [5.74, 6) is 0.389. The van der Waals surface area contributed by atoms with Crippen molar-refractivity contribution >= 4 is 29.5 Å². The number of thioether (sulfide) groups is 1. The van der Waals surface area contributed by atoms with Crippen molar-refractivity contribution < 1.29 is 14.4 Å². The number of aryl methyl sites for hydroxylation is 1. The lowest BCUT2D eigenvalue weighted by Crippen LogP contribution is -2.58. The molecule has 7 nitrogen and oxygen atoms in total. The van der Waals surface area contributed by atoms with Crippen molar-refractivity contribution in [3.05, 3.63) is 35.4 Å². The number of amides is 3. The molecule has 3 N–H and O–H groups in total. The number of rotatable bonds is 6. The summed E-state index contributed by atoms with van der Waals surface area (Å²) >= 11 is 1.73. The number of benzene rings is 1. The van der Waals surface area contributed by atoms with Crippen molar-refractivity contribution in [3.8, 4) is 0 Å². The maximum Gasteiger partial charge on any atom is 0.246 e. The molecule has 2 saturated heterocycles. The van der Waals surface area contributed by atoms with E-state index in [2.05, 4.69) is 41.9 Å². The van der Waals surface area contributed by atoms with Gasteiger partial charge in [0.2, 0.25) is 17.7 Å². The number of nitrogens with zero attached hydrogens (tertiary/aromatic N) is 1. The predicted octanol–water partition coefficient (Wildman–Crippen LogP) is 2.75. The van der Waals surface area contributed by atoms with E-state index in [1.807, 2.05) is 19.1 Å². The molecule has 0 radical (unpaired) electrons. The van der Waals surface area contributed by atoms with Crippen LogP contribution < -0.4 is 16.0 Å². The Labute approximate surface area is 207 Å². The van der Waals surface area contributed by atoms with E-state index in [4.69, 9.17) is 0 Å². The Kier molecular flexibility index (Phi) is 7.57. The van der Waals surface area contributed by atoms with Gasteiger partial charge in [-0.1, -0.05) is 45.0 Å². The summed E-state index contributed by atoms with van der Waals surface area (Å²) in [7, 11) is 1.75. The lowest BCUT2D eigenvalue weighted by molar-refractivity contribution is -0.144. The zero-order valence-corrected chi connectivity index (χ0v) is 21.5. The lowest BCUT2D eigenvalue weighted by atomic mass is 9.83. The summed E-state index contributed by atoms with van der Waals surface area (Å²) in [6.45, 7) is 6.10. The van der Waals surface area contributed by atoms with Gasteiger partial charge in [0.15, 0.2) is 0 Å². The van der Waals surface area contributed by atoms with Crippen LogP contribution in [0.4, 0.5) is 0 Å². The van der Waals surface area contributed by atoms with Gasteiger partial charge in [-0.3, -0.25) is 14.4 Å². The third kappa shape index (κ3) is 4.85. The van der Waals surface area contributed by atoms with Gasteiger partial charge in [-0.2, -0.15) is 0 Å². The smallest absolute Gasteiger partial charge is 0.246 e. The molecule has 4 unspecified atom stereocenters. The highest BCUT2D eigenvalue weighted by molar-refractivity contribution is 7.99. The number of likely N-dealkylation sites (N-methyl/N-ethyl adjacent to an activating group) is 1. The van der Waals surface area contributed by atoms with Gasteiger partial charge in [0.05, 0.1) is 17.5 Å². The number of nitrogens with one attached hydrogen (secondary N) is 3. The van der Waals surface area contributed by atoms with Gasteiger partial charge in [0.25, 0.3) is 0 Å². The zero-order chi connectivity index (χ0) is 24.5. The monoisotopic (exact) mass is 486 g/mol. The fourth-order valence-electron chi connectivity index (χ4n) is 5.80. The van der Waals surface area contributed by atoms with Gasteiger partial charge < -0.3 is 20.9 Å². The van der Waals surface area contributed by atoms with Crippen molar-refractivity contribution in [2.24, 2.45) is 5.41 Å². The van der Waals surface area contributed by atoms with Crippen LogP contribution in [-0.2, 0) is 20.8 Å². The van der Waals surface area contributed by atoms with E-state index in [1.54, 1.807) is 23.7 Å². The SMILES string of the molecule is CC[C@H](NC)C(=O)NC1CCSC2CC(C)(C)C(C(=O)NC3CCCc4ccccc43)N2C1=O. The largest absolute Gasteiger partial charge is 0.347 e. The van der Waals surface area contributed by atoms with Crippen LogP contribution >= 0.6 is 11.8 Å². The molecule has 186 valence electrons. The Hall–Kier alpha value is -2.06. The Morgan fingerprint density at radius 3 is 2.68 bits per heavy atom. The molecule has 2 heterocycles. The highest BCUT2D eigenvalue weighted by atomic mass is 32.2. The topological polar surface area (TPSA) is 90.5 Å². The van der Waals surface area contributed by atoms with Crippen LogP contribution in [0.15, 0.2) is 24.3 Å². The van der Waals surface area contributed by atoms with Crippen LogP contribution in [0.1, 0.15) is 70.0 Å². The van der Waals surface area contributed by atoms with E-state index < -0.39 is 12.1 Å². The number of hydrogen-bond acceptors (Lipinski definition) is 5. The van der Waals surface area contributed by atoms with Gasteiger partial charge in [-0.25, -0.2) is 0 Å². The average molecular weight is 487 g/mol. The molecule has 3 amide bonds. The van der Waals surface area contributed by atoms with Gasteiger partial charge in [0, 0.05) is 0 Å². The van der Waals surface area contributed by atoms with Crippen molar-refractivity contribution in [3.63, 3.8) is 0 Å². The van der Waals surface area contributed by atoms with Crippen LogP contribution in [0.2, 0.25) is 0 Å². The Balaban J connectivity index is 1.55. The molecule has 4 rings (SSSR count). The normalized spacial score (nSPS) is 28.9. The van der Waals surface area contributed by atoms with Crippen molar-refractivity contribution in [2.75, 3.05) is 12.8 Å². The van der Waals surface area contributed by atoms with Crippen LogP contribution in [-0.4, -0.2) is 58.9 Å². The van der Waals surface area contributed by atoms with Crippen molar-refractivity contribution in [1.29, 1.82) is 0 Å². The second-order valence-electron chi connectivity index (χ2n) is 10.4. The van der Waals surface area contributed by atoms with Crippen LogP contribution in [0.3, 0.4) is 0 Å². The minimum Gasteiger partial charge on any atom is -0.347 e. The number of fused-ring (bicyclic) bond motifs is 2. The molecule has 0 spiro atoms. The molecule has 2 fully saturated rings. The van der Waals surface area contributed by atoms with Crippen LogP contribution in [0.25, 0.3) is 0 Å². The lowest BCUT2D eigenvalue weighted by Gasteiger charge is -2.36. The third-order valence-electron chi connectivity index (χ3n) is 7.62. The predicted molar refractivity (Wildman–Crippen MR) is 135 cm³/mol. The van der Waals surface area contributed by atoms with E-state index in [0.717, 1.165) is 31.4 Å². The Morgan fingerprint density at radius 1 is 1.18 bits per heavy atom. The summed E-state index contributed by atoms with van der Waals surface area (Å²) in [6.07, 6.45) is 4.96. The van der Waals surface area contributed by atoms with Crippen molar-refractivity contribution in [2.45, 2.75) is 88.8 Å². The molecule has 1 aromatic carbocycles. The summed E-state index contributed by atoms with van der Waals surface area (Å²) < 4.78 is 0. The maximum absolute atomic E-state index is 13.8. The zero-order valence-electron chi connectivity index (χ0n) is 20.7. The molecular formula is C26H38N4O3S. The quantitative estimate of drug-likeness (QED) is 0.575. The Bertz CT molecular complexity index is 932. The first kappa shape index (κ1) is 25.0. The van der Waals surface area contributed by atoms with Gasteiger partial charge in [0.1, 0.15) is 12.1 Å². The number of carbonyl (C=O) groups is 3. The molecular weight excluding hydrogens is 448 g/mol. The number of carbonyl (C=O) groups excluding carboxylic acids is 3. The molecule has 5 atom stereocenters. The van der Waals surface area contributed by atoms with E-state index in [0.29, 0.717) is 12.8 Å². The standard InChI is InChI=1S/C26H38N4O3S/c1-5-18(27-4)23(31)29-20-13-14-34-21-15-26(2,3)22(30(21)25(20)33)24(32)28-19-12-8-10-16-9-6-7-11-17(16)19/h6-7,9,11,18-22,27H,5,8,10,12-15H2,1-4H3,(H,28,32)(H,29,31)/t18-,19?,20?,21?,22?/m0/s1. The first-order valence-electron chi connectivity index (χ1n) is 12.6. The van der Waals surface area contributed by atoms with E-state index >= 15 is 0 Å². The number of hydrogen-bond donors (Lipinski definition) is 3. The van der Waals surface area contributed by atoms with E-state index in [1.165, 1.54) is 11.1 Å². The second kappa shape index (κ2) is 10.3. The third-order valence-corrected chi connectivity index (χ3v) is 8.87. The molecule has 0 saturated carbocycles. The maximum atomic E-state index is 13.8. The first-order chi connectivity index (χ1) is 16.3. The summed E-state index contributed by atoms with van der Waals surface area (Å²) in [4.78, 5) is 42.0.